The lowest BCUT2D eigenvalue weighted by Gasteiger charge is -2.33. The minimum absolute atomic E-state index is 0.0763. The molecule has 0 aliphatic rings. The highest BCUT2D eigenvalue weighted by Gasteiger charge is 2.41. The third-order valence-electron chi connectivity index (χ3n) is 5.94. The smallest absolute Gasteiger partial charge is 0.408 e. The SMILES string of the molecule is C=CCOC(=O)N[C@H](C(=O)OC(C)(C)C)[C@@H](Cc1ccc2ccccc2c1)C(=O)N[C@H](C(=O)NC)C(C)(C)C. The fraction of sp³-hybridized carbons (Fsp3) is 0.467. The van der Waals surface area contributed by atoms with Gasteiger partial charge in [-0.2, -0.15) is 0 Å². The van der Waals surface area contributed by atoms with Gasteiger partial charge in [-0.15, -0.1) is 0 Å². The Hall–Kier alpha value is -3.88. The average Bonchev–Trinajstić information content (AvgIpc) is 2.85. The van der Waals surface area contributed by atoms with Gasteiger partial charge in [0.05, 0.1) is 5.92 Å². The molecule has 0 spiro atoms. The van der Waals surface area contributed by atoms with Crippen molar-refractivity contribution < 1.29 is 28.7 Å². The Morgan fingerprint density at radius 1 is 0.923 bits per heavy atom. The van der Waals surface area contributed by atoms with Gasteiger partial charge in [-0.05, 0) is 48.9 Å². The monoisotopic (exact) mass is 539 g/mol. The lowest BCUT2D eigenvalue weighted by Crippen LogP contribution is -2.58. The van der Waals surface area contributed by atoms with Gasteiger partial charge in [-0.1, -0.05) is 75.9 Å². The minimum Gasteiger partial charge on any atom is -0.458 e. The molecule has 2 aromatic rings. The van der Waals surface area contributed by atoms with Crippen LogP contribution in [0.3, 0.4) is 0 Å². The minimum atomic E-state index is -1.40. The van der Waals surface area contributed by atoms with E-state index in [0.29, 0.717) is 0 Å². The average molecular weight is 540 g/mol. The normalized spacial score (nSPS) is 13.9. The molecule has 3 N–H and O–H groups in total. The van der Waals surface area contributed by atoms with Crippen molar-refractivity contribution in [1.82, 2.24) is 16.0 Å². The van der Waals surface area contributed by atoms with E-state index in [9.17, 15) is 19.2 Å². The van der Waals surface area contributed by atoms with E-state index in [-0.39, 0.29) is 18.9 Å². The molecule has 0 bridgehead atoms. The summed E-state index contributed by atoms with van der Waals surface area (Å²) < 4.78 is 10.7. The van der Waals surface area contributed by atoms with Gasteiger partial charge in [0.15, 0.2) is 0 Å². The van der Waals surface area contributed by atoms with Gasteiger partial charge in [0.1, 0.15) is 24.3 Å². The topological polar surface area (TPSA) is 123 Å². The van der Waals surface area contributed by atoms with Gasteiger partial charge >= 0.3 is 12.1 Å². The molecule has 3 atom stereocenters. The van der Waals surface area contributed by atoms with Crippen LogP contribution in [0.25, 0.3) is 10.8 Å². The summed E-state index contributed by atoms with van der Waals surface area (Å²) in [5.41, 5.74) is -0.765. The standard InChI is InChI=1S/C30H41N3O6/c1-9-16-38-28(37)32-23(27(36)39-30(5,6)7)22(25(34)33-24(26(35)31-8)29(2,3)4)18-19-14-15-20-12-10-11-13-21(20)17-19/h9-15,17,22-24H,1,16,18H2,2-8H3,(H,31,35)(H,32,37)(H,33,34)/t22-,23+,24-/m1/s1. The molecule has 0 aliphatic carbocycles. The number of rotatable bonds is 10. The van der Waals surface area contributed by atoms with Gasteiger partial charge in [0.25, 0.3) is 0 Å². The van der Waals surface area contributed by atoms with Crippen molar-refractivity contribution in [2.24, 2.45) is 11.3 Å². The van der Waals surface area contributed by atoms with Gasteiger partial charge < -0.3 is 25.4 Å². The molecule has 212 valence electrons. The predicted octanol–water partition coefficient (Wildman–Crippen LogP) is 3.90. The first-order valence-electron chi connectivity index (χ1n) is 12.9. The number of carbonyl (C=O) groups excluding carboxylic acids is 4. The van der Waals surface area contributed by atoms with Crippen LogP contribution >= 0.6 is 0 Å². The highest BCUT2D eigenvalue weighted by Crippen LogP contribution is 2.24. The summed E-state index contributed by atoms with van der Waals surface area (Å²) in [6.07, 6.45) is 0.562. The molecule has 0 saturated carbocycles. The molecule has 0 fully saturated rings. The van der Waals surface area contributed by atoms with E-state index in [1.54, 1.807) is 20.8 Å². The number of esters is 1. The summed E-state index contributed by atoms with van der Waals surface area (Å²) in [6, 6.07) is 11.2. The zero-order valence-electron chi connectivity index (χ0n) is 23.9. The summed E-state index contributed by atoms with van der Waals surface area (Å²) in [7, 11) is 1.49. The number of hydrogen-bond donors (Lipinski definition) is 3. The van der Waals surface area contributed by atoms with E-state index >= 15 is 0 Å². The molecule has 3 amide bonds. The quantitative estimate of drug-likeness (QED) is 0.311. The van der Waals surface area contributed by atoms with E-state index in [1.807, 2.05) is 63.2 Å². The van der Waals surface area contributed by atoms with E-state index in [0.717, 1.165) is 16.3 Å². The maximum atomic E-state index is 13.9. The molecule has 0 aliphatic heterocycles. The van der Waals surface area contributed by atoms with Crippen molar-refractivity contribution in [3.63, 3.8) is 0 Å². The number of hydrogen-bond acceptors (Lipinski definition) is 6. The summed E-state index contributed by atoms with van der Waals surface area (Å²) in [5, 5.41) is 9.89. The van der Waals surface area contributed by atoms with Crippen LogP contribution in [0.1, 0.15) is 47.1 Å². The van der Waals surface area contributed by atoms with E-state index in [4.69, 9.17) is 9.47 Å². The van der Waals surface area contributed by atoms with Crippen molar-refractivity contribution in [3.05, 3.63) is 60.7 Å². The number of carbonyl (C=O) groups is 4. The first-order valence-corrected chi connectivity index (χ1v) is 12.9. The predicted molar refractivity (Wildman–Crippen MR) is 151 cm³/mol. The lowest BCUT2D eigenvalue weighted by molar-refractivity contribution is -0.160. The second kappa shape index (κ2) is 13.3. The Kier molecular flexibility index (Phi) is 10.7. The van der Waals surface area contributed by atoms with Crippen LogP contribution in [0.5, 0.6) is 0 Å². The summed E-state index contributed by atoms with van der Waals surface area (Å²) in [6.45, 7) is 14.0. The van der Waals surface area contributed by atoms with Crippen LogP contribution in [0.15, 0.2) is 55.1 Å². The van der Waals surface area contributed by atoms with Crippen molar-refractivity contribution in [3.8, 4) is 0 Å². The number of ether oxygens (including phenoxy) is 2. The van der Waals surface area contributed by atoms with Crippen molar-refractivity contribution in [2.75, 3.05) is 13.7 Å². The second-order valence-electron chi connectivity index (χ2n) is 11.5. The molecule has 0 aromatic heterocycles. The summed E-state index contributed by atoms with van der Waals surface area (Å²) in [4.78, 5) is 52.6. The van der Waals surface area contributed by atoms with Crippen LogP contribution < -0.4 is 16.0 Å². The maximum Gasteiger partial charge on any atom is 0.408 e. The van der Waals surface area contributed by atoms with Crippen LogP contribution in [-0.2, 0) is 30.3 Å². The largest absolute Gasteiger partial charge is 0.458 e. The number of nitrogens with one attached hydrogen (secondary N) is 3. The van der Waals surface area contributed by atoms with Crippen LogP contribution in [0.2, 0.25) is 0 Å². The molecule has 9 nitrogen and oxygen atoms in total. The lowest BCUT2D eigenvalue weighted by atomic mass is 9.84. The van der Waals surface area contributed by atoms with E-state index in [1.165, 1.54) is 13.1 Å². The molecule has 0 radical (unpaired) electrons. The molecule has 0 unspecified atom stereocenters. The molecule has 0 heterocycles. The second-order valence-corrected chi connectivity index (χ2v) is 11.5. The van der Waals surface area contributed by atoms with Crippen molar-refractivity contribution in [2.45, 2.75) is 65.6 Å². The Labute approximate surface area is 230 Å². The zero-order valence-corrected chi connectivity index (χ0v) is 23.9. The van der Waals surface area contributed by atoms with Crippen molar-refractivity contribution in [1.29, 1.82) is 0 Å². The first kappa shape index (κ1) is 31.3. The molecular formula is C30H41N3O6. The van der Waals surface area contributed by atoms with Gasteiger partial charge in [0, 0.05) is 7.05 Å². The Balaban J connectivity index is 2.56. The highest BCUT2D eigenvalue weighted by atomic mass is 16.6. The fourth-order valence-corrected chi connectivity index (χ4v) is 4.04. The maximum absolute atomic E-state index is 13.9. The van der Waals surface area contributed by atoms with Gasteiger partial charge in [0.2, 0.25) is 11.8 Å². The van der Waals surface area contributed by atoms with E-state index in [2.05, 4.69) is 22.5 Å². The fourth-order valence-electron chi connectivity index (χ4n) is 4.04. The Bertz CT molecular complexity index is 1200. The van der Waals surface area contributed by atoms with Crippen molar-refractivity contribution >= 4 is 34.6 Å². The Morgan fingerprint density at radius 3 is 2.13 bits per heavy atom. The Morgan fingerprint density at radius 2 is 1.56 bits per heavy atom. The summed E-state index contributed by atoms with van der Waals surface area (Å²) in [5.74, 6) is -2.91. The number of benzene rings is 2. The number of fused-ring (bicyclic) bond motifs is 1. The molecule has 2 rings (SSSR count). The van der Waals surface area contributed by atoms with E-state index < -0.39 is 47.0 Å². The molecule has 9 heteroatoms. The van der Waals surface area contributed by atoms with Gasteiger partial charge in [-0.25, -0.2) is 9.59 Å². The number of amides is 3. The van der Waals surface area contributed by atoms with Crippen LogP contribution in [-0.4, -0.2) is 55.2 Å². The molecular weight excluding hydrogens is 498 g/mol. The molecule has 2 aromatic carbocycles. The van der Waals surface area contributed by atoms with Crippen LogP contribution in [0.4, 0.5) is 4.79 Å². The highest BCUT2D eigenvalue weighted by molar-refractivity contribution is 5.93. The first-order chi connectivity index (χ1) is 18.2. The third kappa shape index (κ3) is 9.42. The third-order valence-corrected chi connectivity index (χ3v) is 5.94. The number of likely N-dealkylation sites (N-methyl/N-ethyl adjacent to an activating group) is 1. The number of alkyl carbamates (subject to hydrolysis) is 1. The van der Waals surface area contributed by atoms with Crippen LogP contribution in [0, 0.1) is 11.3 Å². The molecule has 39 heavy (non-hydrogen) atoms. The summed E-state index contributed by atoms with van der Waals surface area (Å²) >= 11 is 0. The zero-order chi connectivity index (χ0) is 29.4. The molecule has 0 saturated heterocycles. The van der Waals surface area contributed by atoms with Gasteiger partial charge in [-0.3, -0.25) is 9.59 Å².